The summed E-state index contributed by atoms with van der Waals surface area (Å²) in [5.74, 6) is -0.329. The molecule has 5 rings (SSSR count). The molecule has 0 amide bonds. The van der Waals surface area contributed by atoms with Crippen LogP contribution in [0.1, 0.15) is 11.3 Å². The van der Waals surface area contributed by atoms with Crippen molar-refractivity contribution in [3.63, 3.8) is 0 Å². The number of aryl methyl sites for hydroxylation is 1. The van der Waals surface area contributed by atoms with Crippen LogP contribution in [-0.2, 0) is 0 Å². The first-order valence-corrected chi connectivity index (χ1v) is 12.8. The largest absolute Gasteiger partial charge is 0.573 e. The third kappa shape index (κ3) is 7.04. The van der Waals surface area contributed by atoms with Crippen LogP contribution >= 0.6 is 11.3 Å². The summed E-state index contributed by atoms with van der Waals surface area (Å²) in [5, 5.41) is 14.4. The van der Waals surface area contributed by atoms with Gasteiger partial charge in [0, 0.05) is 16.6 Å². The number of rotatable bonds is 7. The molecule has 3 aromatic carbocycles. The Labute approximate surface area is 237 Å². The fourth-order valence-corrected chi connectivity index (χ4v) is 4.62. The number of benzene rings is 3. The molecule has 0 aliphatic rings. The van der Waals surface area contributed by atoms with Crippen LogP contribution in [0.3, 0.4) is 0 Å². The third-order valence-corrected chi connectivity index (χ3v) is 6.49. The molecule has 8 nitrogen and oxygen atoms in total. The molecule has 0 saturated carbocycles. The number of halogens is 6. The molecule has 0 unspecified atom stereocenters. The van der Waals surface area contributed by atoms with Crippen molar-refractivity contribution in [3.8, 4) is 34.3 Å². The average Bonchev–Trinajstić information content (AvgIpc) is 3.55. The lowest BCUT2D eigenvalue weighted by atomic mass is 10.1. The lowest BCUT2D eigenvalue weighted by Crippen LogP contribution is -2.20. The predicted molar refractivity (Wildman–Crippen MR) is 142 cm³/mol. The molecule has 15 heteroatoms. The highest BCUT2D eigenvalue weighted by Gasteiger charge is 2.32. The Morgan fingerprint density at radius 3 is 2.24 bits per heavy atom. The highest BCUT2D eigenvalue weighted by Crippen LogP contribution is 2.29. The third-order valence-electron chi connectivity index (χ3n) is 5.56. The van der Waals surface area contributed by atoms with Gasteiger partial charge in [-0.25, -0.2) is 9.67 Å². The van der Waals surface area contributed by atoms with E-state index in [0.717, 1.165) is 0 Å². The van der Waals surface area contributed by atoms with E-state index >= 15 is 0 Å². The van der Waals surface area contributed by atoms with Crippen molar-refractivity contribution in [2.75, 3.05) is 0 Å². The molecule has 0 N–H and O–H groups in total. The lowest BCUT2D eigenvalue weighted by Gasteiger charge is -2.14. The van der Waals surface area contributed by atoms with E-state index in [-0.39, 0.29) is 17.2 Å². The van der Waals surface area contributed by atoms with Gasteiger partial charge >= 0.3 is 12.7 Å². The molecule has 0 spiro atoms. The zero-order chi connectivity index (χ0) is 29.9. The van der Waals surface area contributed by atoms with Gasteiger partial charge in [0.2, 0.25) is 4.80 Å². The molecule has 0 atom stereocenters. The van der Waals surface area contributed by atoms with E-state index in [1.54, 1.807) is 42.6 Å². The minimum atomic E-state index is -4.85. The molecule has 0 aliphatic heterocycles. The maximum absolute atomic E-state index is 12.9. The van der Waals surface area contributed by atoms with Crippen molar-refractivity contribution in [3.05, 3.63) is 101 Å². The molecule has 216 valence electrons. The molecule has 5 aromatic rings. The van der Waals surface area contributed by atoms with Gasteiger partial charge in [-0.1, -0.05) is 36.4 Å². The van der Waals surface area contributed by atoms with Crippen molar-refractivity contribution in [2.45, 2.75) is 19.6 Å². The predicted octanol–water partition coefficient (Wildman–Crippen LogP) is 6.83. The molecular formula is C27H18F6N6O2S. The van der Waals surface area contributed by atoms with Gasteiger partial charge in [0.05, 0.1) is 17.6 Å². The number of para-hydroxylation sites is 2. The number of ether oxygens (including phenoxy) is 2. The summed E-state index contributed by atoms with van der Waals surface area (Å²) in [6.45, 7) is 1.73. The maximum atomic E-state index is 12.9. The topological polar surface area (TPSA) is 78.8 Å². The van der Waals surface area contributed by atoms with Crippen LogP contribution in [-0.4, -0.2) is 38.3 Å². The van der Waals surface area contributed by atoms with Gasteiger partial charge < -0.3 is 9.47 Å². The van der Waals surface area contributed by atoms with Gasteiger partial charge in [-0.2, -0.15) is 5.10 Å². The van der Waals surface area contributed by atoms with Gasteiger partial charge in [-0.05, 0) is 48.9 Å². The minimum absolute atomic E-state index is 0.171. The average molecular weight is 605 g/mol. The lowest BCUT2D eigenvalue weighted by molar-refractivity contribution is -0.275. The van der Waals surface area contributed by atoms with E-state index in [4.69, 9.17) is 0 Å². The van der Waals surface area contributed by atoms with Crippen LogP contribution in [0.2, 0.25) is 0 Å². The number of aromatic nitrogens is 4. The fourth-order valence-electron chi connectivity index (χ4n) is 3.79. The number of alkyl halides is 6. The van der Waals surface area contributed by atoms with Crippen molar-refractivity contribution >= 4 is 17.6 Å². The van der Waals surface area contributed by atoms with E-state index in [1.165, 1.54) is 75.6 Å². The van der Waals surface area contributed by atoms with Gasteiger partial charge in [-0.3, -0.25) is 4.57 Å². The maximum Gasteiger partial charge on any atom is 0.573 e. The van der Waals surface area contributed by atoms with Gasteiger partial charge in [0.15, 0.2) is 11.6 Å². The fraction of sp³-hybridized carbons (Fsp3) is 0.111. The second-order valence-electron chi connectivity index (χ2n) is 8.53. The number of thiazole rings is 1. The summed E-state index contributed by atoms with van der Waals surface area (Å²) in [6.07, 6.45) is -6.72. The van der Waals surface area contributed by atoms with E-state index in [9.17, 15) is 26.3 Å². The van der Waals surface area contributed by atoms with Crippen molar-refractivity contribution in [1.29, 1.82) is 0 Å². The summed E-state index contributed by atoms with van der Waals surface area (Å²) in [5.41, 5.74) is 2.66. The molecule has 0 radical (unpaired) electrons. The standard InChI is InChI=1S/C27H18F6N6O2S/c1-17-15-42-25(39(17)22-4-2-3-5-23(22)41-27(31,32)33)36-35-14-18-6-8-19(9-7-18)24-34-16-38(37-24)20-10-12-21(13-11-20)40-26(28,29)30/h2-16H,1H3/b35-14+,36-25-. The van der Waals surface area contributed by atoms with Gasteiger partial charge in [-0.15, -0.1) is 47.9 Å². The number of nitrogens with zero attached hydrogens (tertiary/aromatic N) is 6. The first-order valence-electron chi connectivity index (χ1n) is 11.9. The monoisotopic (exact) mass is 604 g/mol. The van der Waals surface area contributed by atoms with Crippen molar-refractivity contribution in [1.82, 2.24) is 19.3 Å². The highest BCUT2D eigenvalue weighted by atomic mass is 32.1. The molecule has 2 heterocycles. The van der Waals surface area contributed by atoms with Gasteiger partial charge in [0.25, 0.3) is 0 Å². The van der Waals surface area contributed by atoms with Crippen molar-refractivity contribution in [2.24, 2.45) is 10.2 Å². The summed E-state index contributed by atoms with van der Waals surface area (Å²) >= 11 is 1.21. The second kappa shape index (κ2) is 11.5. The Balaban J connectivity index is 1.31. The Morgan fingerprint density at radius 2 is 1.55 bits per heavy atom. The summed E-state index contributed by atoms with van der Waals surface area (Å²) < 4.78 is 86.8. The zero-order valence-electron chi connectivity index (χ0n) is 21.3. The molecule has 2 aromatic heterocycles. The summed E-state index contributed by atoms with van der Waals surface area (Å²) in [6, 6.07) is 18.0. The van der Waals surface area contributed by atoms with Crippen LogP contribution in [0.5, 0.6) is 11.5 Å². The van der Waals surface area contributed by atoms with Crippen LogP contribution < -0.4 is 14.3 Å². The van der Waals surface area contributed by atoms with E-state index in [2.05, 4.69) is 29.8 Å². The molecule has 0 fully saturated rings. The van der Waals surface area contributed by atoms with Crippen LogP contribution in [0.25, 0.3) is 22.8 Å². The van der Waals surface area contributed by atoms with Crippen LogP contribution in [0.15, 0.2) is 94.7 Å². The quantitative estimate of drug-likeness (QED) is 0.116. The molecule has 0 aliphatic carbocycles. The van der Waals surface area contributed by atoms with E-state index in [0.29, 0.717) is 33.1 Å². The Kier molecular flexibility index (Phi) is 7.85. The van der Waals surface area contributed by atoms with Crippen molar-refractivity contribution < 1.29 is 35.8 Å². The normalized spacial score (nSPS) is 12.7. The Morgan fingerprint density at radius 1 is 0.857 bits per heavy atom. The van der Waals surface area contributed by atoms with E-state index < -0.39 is 12.7 Å². The Hall–Kier alpha value is -4.92. The first kappa shape index (κ1) is 28.6. The molecule has 0 bridgehead atoms. The van der Waals surface area contributed by atoms with E-state index in [1.807, 2.05) is 0 Å². The summed E-state index contributed by atoms with van der Waals surface area (Å²) in [7, 11) is 0. The number of hydrogen-bond acceptors (Lipinski definition) is 7. The van der Waals surface area contributed by atoms with Crippen LogP contribution in [0.4, 0.5) is 26.3 Å². The highest BCUT2D eigenvalue weighted by molar-refractivity contribution is 7.07. The van der Waals surface area contributed by atoms with Crippen LogP contribution in [0, 0.1) is 6.92 Å². The summed E-state index contributed by atoms with van der Waals surface area (Å²) in [4.78, 5) is 4.59. The minimum Gasteiger partial charge on any atom is -0.406 e. The zero-order valence-corrected chi connectivity index (χ0v) is 22.2. The molecular weight excluding hydrogens is 586 g/mol. The molecule has 0 saturated heterocycles. The SMILES string of the molecule is Cc1cs/c(=N\N=C\c2ccc(-c3ncn(-c4ccc(OC(F)(F)F)cc4)n3)cc2)n1-c1ccccc1OC(F)(F)F. The first-order chi connectivity index (χ1) is 19.9. The molecule has 42 heavy (non-hydrogen) atoms. The Bertz CT molecular complexity index is 1770. The number of hydrogen-bond donors (Lipinski definition) is 0. The smallest absolute Gasteiger partial charge is 0.406 e. The van der Waals surface area contributed by atoms with Gasteiger partial charge in [0.1, 0.15) is 12.1 Å². The second-order valence-corrected chi connectivity index (χ2v) is 9.37.